The number of nitrogens with zero attached hydrogens (tertiary/aromatic N) is 2. The van der Waals surface area contributed by atoms with Crippen molar-refractivity contribution < 1.29 is 13.2 Å². The van der Waals surface area contributed by atoms with Crippen LogP contribution in [0.15, 0.2) is 24.3 Å². The molecule has 0 spiro atoms. The van der Waals surface area contributed by atoms with E-state index in [-0.39, 0.29) is 11.0 Å². The topological polar surface area (TPSA) is 49.9 Å². The quantitative estimate of drug-likeness (QED) is 0.837. The molecule has 6 heteroatoms. The number of rotatable bonds is 3. The third kappa shape index (κ3) is 4.05. The van der Waals surface area contributed by atoms with Crippen molar-refractivity contribution >= 4 is 15.5 Å². The molecule has 0 saturated carbocycles. The molecule has 1 aromatic rings. The SMILES string of the molecule is C[C@H]1CCN(Cc2ccccc2N2CCOCC2)CCS1(=O)=O. The number of hydrogen-bond donors (Lipinski definition) is 0. The normalized spacial score (nSPS) is 26.0. The average Bonchev–Trinajstić information content (AvgIpc) is 2.69. The minimum Gasteiger partial charge on any atom is -0.378 e. The highest BCUT2D eigenvalue weighted by Gasteiger charge is 2.26. The number of benzene rings is 1. The predicted molar refractivity (Wildman–Crippen MR) is 92.6 cm³/mol. The van der Waals surface area contributed by atoms with Gasteiger partial charge in [-0.15, -0.1) is 0 Å². The lowest BCUT2D eigenvalue weighted by Crippen LogP contribution is -2.37. The van der Waals surface area contributed by atoms with Crippen LogP contribution in [0.4, 0.5) is 5.69 Å². The van der Waals surface area contributed by atoms with Crippen molar-refractivity contribution in [3.63, 3.8) is 0 Å². The van der Waals surface area contributed by atoms with Gasteiger partial charge in [-0.2, -0.15) is 0 Å². The van der Waals surface area contributed by atoms with E-state index in [4.69, 9.17) is 4.74 Å². The molecule has 0 bridgehead atoms. The first-order chi connectivity index (χ1) is 11.1. The number of hydrogen-bond acceptors (Lipinski definition) is 5. The van der Waals surface area contributed by atoms with E-state index in [9.17, 15) is 8.42 Å². The summed E-state index contributed by atoms with van der Waals surface area (Å²) in [7, 11) is -2.92. The van der Waals surface area contributed by atoms with E-state index in [0.29, 0.717) is 6.54 Å². The lowest BCUT2D eigenvalue weighted by Gasteiger charge is -2.31. The van der Waals surface area contributed by atoms with E-state index in [1.807, 2.05) is 6.92 Å². The molecular formula is C17H26N2O3S. The summed E-state index contributed by atoms with van der Waals surface area (Å²) < 4.78 is 29.6. The summed E-state index contributed by atoms with van der Waals surface area (Å²) in [4.78, 5) is 4.65. The largest absolute Gasteiger partial charge is 0.378 e. The first-order valence-electron chi connectivity index (χ1n) is 8.41. The van der Waals surface area contributed by atoms with Gasteiger partial charge in [0.05, 0.1) is 24.2 Å². The summed E-state index contributed by atoms with van der Waals surface area (Å²) in [6, 6.07) is 8.46. The summed E-state index contributed by atoms with van der Waals surface area (Å²) in [6.07, 6.45) is 0.724. The number of ether oxygens (including phenoxy) is 1. The van der Waals surface area contributed by atoms with Gasteiger partial charge in [0.1, 0.15) is 0 Å². The molecule has 128 valence electrons. The molecule has 5 nitrogen and oxygen atoms in total. The number of morpholine rings is 1. The van der Waals surface area contributed by atoms with Crippen molar-refractivity contribution in [3.8, 4) is 0 Å². The van der Waals surface area contributed by atoms with Gasteiger partial charge in [-0.3, -0.25) is 4.90 Å². The highest BCUT2D eigenvalue weighted by Crippen LogP contribution is 2.24. The Morgan fingerprint density at radius 3 is 2.65 bits per heavy atom. The van der Waals surface area contributed by atoms with E-state index in [1.165, 1.54) is 11.3 Å². The van der Waals surface area contributed by atoms with Crippen molar-refractivity contribution in [2.24, 2.45) is 0 Å². The molecule has 3 rings (SSSR count). The molecule has 1 aromatic carbocycles. The molecule has 0 radical (unpaired) electrons. The fourth-order valence-corrected chi connectivity index (χ4v) is 4.65. The Balaban J connectivity index is 1.73. The molecule has 0 N–H and O–H groups in total. The van der Waals surface area contributed by atoms with Gasteiger partial charge >= 0.3 is 0 Å². The van der Waals surface area contributed by atoms with Crippen LogP contribution in [-0.4, -0.2) is 63.7 Å². The maximum absolute atomic E-state index is 12.1. The van der Waals surface area contributed by atoms with E-state index in [1.54, 1.807) is 0 Å². The Morgan fingerprint density at radius 2 is 1.87 bits per heavy atom. The highest BCUT2D eigenvalue weighted by molar-refractivity contribution is 7.92. The molecule has 2 fully saturated rings. The van der Waals surface area contributed by atoms with Crippen LogP contribution in [0.1, 0.15) is 18.9 Å². The van der Waals surface area contributed by atoms with Gasteiger partial charge < -0.3 is 9.64 Å². The fourth-order valence-electron chi connectivity index (χ4n) is 3.27. The Hall–Kier alpha value is -1.11. The van der Waals surface area contributed by atoms with Crippen molar-refractivity contribution in [2.45, 2.75) is 25.1 Å². The zero-order valence-electron chi connectivity index (χ0n) is 13.8. The second-order valence-electron chi connectivity index (χ2n) is 6.47. The van der Waals surface area contributed by atoms with Crippen LogP contribution in [-0.2, 0) is 21.1 Å². The van der Waals surface area contributed by atoms with Crippen molar-refractivity contribution in [1.82, 2.24) is 4.90 Å². The molecule has 2 aliphatic rings. The summed E-state index contributed by atoms with van der Waals surface area (Å²) in [5, 5.41) is -0.220. The Bertz CT molecular complexity index is 626. The van der Waals surface area contributed by atoms with Crippen LogP contribution in [0, 0.1) is 0 Å². The lowest BCUT2D eigenvalue weighted by molar-refractivity contribution is 0.122. The van der Waals surface area contributed by atoms with E-state index in [0.717, 1.165) is 45.8 Å². The van der Waals surface area contributed by atoms with Gasteiger partial charge in [-0.25, -0.2) is 8.42 Å². The maximum atomic E-state index is 12.1. The number of sulfone groups is 1. The third-order valence-corrected chi connectivity index (χ3v) is 7.11. The smallest absolute Gasteiger partial charge is 0.154 e. The first-order valence-corrected chi connectivity index (χ1v) is 10.1. The second kappa shape index (κ2) is 7.20. The molecule has 23 heavy (non-hydrogen) atoms. The Morgan fingerprint density at radius 1 is 1.13 bits per heavy atom. The standard InChI is InChI=1S/C17H26N2O3S/c1-15-6-7-18(10-13-23(15,20)21)14-16-4-2-3-5-17(16)19-8-11-22-12-9-19/h2-5,15H,6-14H2,1H3/t15-/m0/s1. The summed E-state index contributed by atoms with van der Waals surface area (Å²) in [5.74, 6) is 0.272. The monoisotopic (exact) mass is 338 g/mol. The molecule has 0 unspecified atom stereocenters. The van der Waals surface area contributed by atoms with Crippen molar-refractivity contribution in [3.05, 3.63) is 29.8 Å². The molecule has 1 atom stereocenters. The molecular weight excluding hydrogens is 312 g/mol. The number of para-hydroxylation sites is 1. The van der Waals surface area contributed by atoms with Gasteiger partial charge in [0.25, 0.3) is 0 Å². The van der Waals surface area contributed by atoms with Crippen molar-refractivity contribution in [2.75, 3.05) is 50.0 Å². The zero-order valence-corrected chi connectivity index (χ0v) is 14.6. The van der Waals surface area contributed by atoms with E-state index in [2.05, 4.69) is 34.1 Å². The second-order valence-corrected chi connectivity index (χ2v) is 9.01. The molecule has 2 heterocycles. The molecule has 2 aliphatic heterocycles. The van der Waals surface area contributed by atoms with Crippen LogP contribution in [0.3, 0.4) is 0 Å². The minimum atomic E-state index is -2.92. The van der Waals surface area contributed by atoms with Gasteiger partial charge in [-0.05, 0) is 31.5 Å². The van der Waals surface area contributed by atoms with Crippen LogP contribution in [0.5, 0.6) is 0 Å². The average molecular weight is 338 g/mol. The van der Waals surface area contributed by atoms with Gasteiger partial charge in [0, 0.05) is 31.9 Å². The zero-order chi connectivity index (χ0) is 16.3. The summed E-state index contributed by atoms with van der Waals surface area (Å²) in [5.41, 5.74) is 2.54. The Labute approximate surface area is 139 Å². The number of anilines is 1. The van der Waals surface area contributed by atoms with E-state index < -0.39 is 9.84 Å². The predicted octanol–water partition coefficient (Wildman–Crippen LogP) is 1.53. The lowest BCUT2D eigenvalue weighted by atomic mass is 10.1. The van der Waals surface area contributed by atoms with Gasteiger partial charge in [-0.1, -0.05) is 18.2 Å². The van der Waals surface area contributed by atoms with Crippen molar-refractivity contribution in [1.29, 1.82) is 0 Å². The van der Waals surface area contributed by atoms with E-state index >= 15 is 0 Å². The van der Waals surface area contributed by atoms with Crippen LogP contribution in [0.2, 0.25) is 0 Å². The van der Waals surface area contributed by atoms with Gasteiger partial charge in [0.2, 0.25) is 0 Å². The summed E-state index contributed by atoms with van der Waals surface area (Å²) >= 11 is 0. The minimum absolute atomic E-state index is 0.220. The first kappa shape index (κ1) is 16.7. The molecule has 0 aromatic heterocycles. The third-order valence-electron chi connectivity index (χ3n) is 4.89. The molecule has 0 aliphatic carbocycles. The fraction of sp³-hybridized carbons (Fsp3) is 0.647. The summed E-state index contributed by atoms with van der Waals surface area (Å²) in [6.45, 7) is 7.50. The molecule has 2 saturated heterocycles. The van der Waals surface area contributed by atoms with Gasteiger partial charge in [0.15, 0.2) is 9.84 Å². The molecule has 0 amide bonds. The highest BCUT2D eigenvalue weighted by atomic mass is 32.2. The Kier molecular flexibility index (Phi) is 5.24. The maximum Gasteiger partial charge on any atom is 0.154 e. The van der Waals surface area contributed by atoms with Crippen LogP contribution in [0.25, 0.3) is 0 Å². The van der Waals surface area contributed by atoms with Crippen LogP contribution >= 0.6 is 0 Å². The van der Waals surface area contributed by atoms with Crippen LogP contribution < -0.4 is 4.90 Å².